The van der Waals surface area contributed by atoms with Gasteiger partial charge in [0.05, 0.1) is 10.6 Å². The van der Waals surface area contributed by atoms with E-state index in [0.29, 0.717) is 27.7 Å². The lowest BCUT2D eigenvalue weighted by Gasteiger charge is -2.04. The van der Waals surface area contributed by atoms with Crippen molar-refractivity contribution in [1.82, 2.24) is 15.0 Å². The molecule has 1 N–H and O–H groups in total. The minimum atomic E-state index is -0.487. The van der Waals surface area contributed by atoms with E-state index in [1.807, 2.05) is 18.2 Å². The summed E-state index contributed by atoms with van der Waals surface area (Å²) in [5.74, 6) is -0.465. The molecule has 0 unspecified atom stereocenters. The van der Waals surface area contributed by atoms with Crippen molar-refractivity contribution in [2.75, 3.05) is 5.32 Å². The van der Waals surface area contributed by atoms with Crippen LogP contribution in [0.5, 0.6) is 0 Å². The van der Waals surface area contributed by atoms with Crippen molar-refractivity contribution in [2.45, 2.75) is 0 Å². The fourth-order valence-electron chi connectivity index (χ4n) is 2.80. The Kier molecular flexibility index (Phi) is 5.23. The van der Waals surface area contributed by atoms with E-state index in [4.69, 9.17) is 11.6 Å². The molecule has 0 atom stereocenters. The molecule has 0 saturated carbocycles. The van der Waals surface area contributed by atoms with Crippen LogP contribution in [0.2, 0.25) is 5.02 Å². The molecule has 1 heterocycles. The maximum atomic E-state index is 12.9. The first-order valence-corrected chi connectivity index (χ1v) is 9.23. The highest BCUT2D eigenvalue weighted by Crippen LogP contribution is 2.25. The molecule has 0 bridgehead atoms. The molecule has 1 amide bonds. The van der Waals surface area contributed by atoms with Crippen LogP contribution in [0.1, 0.15) is 10.5 Å². The number of hydrogen-bond acceptors (Lipinski definition) is 5. The van der Waals surface area contributed by atoms with Crippen molar-refractivity contribution in [3.63, 3.8) is 0 Å². The van der Waals surface area contributed by atoms with Crippen LogP contribution >= 0.6 is 11.6 Å². The van der Waals surface area contributed by atoms with Gasteiger partial charge >= 0.3 is 0 Å². The average Bonchev–Trinajstić information content (AvgIpc) is 3.22. The zero-order valence-corrected chi connectivity index (χ0v) is 16.2. The number of rotatable bonds is 5. The topological polar surface area (TPSA) is 103 Å². The summed E-state index contributed by atoms with van der Waals surface area (Å²) in [6, 6.07) is 21.6. The SMILES string of the molecule is O=C(Nc1ccc(Cl)cc1)c1nn(-c2ccccc2)nc1-c1ccc([N+](=O)[O-])cc1. The first kappa shape index (κ1) is 19.3. The number of para-hydroxylation sites is 1. The Morgan fingerprint density at radius 3 is 2.23 bits per heavy atom. The van der Waals surface area contributed by atoms with E-state index in [-0.39, 0.29) is 11.4 Å². The van der Waals surface area contributed by atoms with E-state index in [1.54, 1.807) is 36.4 Å². The van der Waals surface area contributed by atoms with E-state index in [2.05, 4.69) is 15.5 Å². The van der Waals surface area contributed by atoms with Crippen molar-refractivity contribution < 1.29 is 9.72 Å². The fraction of sp³-hybridized carbons (Fsp3) is 0. The van der Waals surface area contributed by atoms with Crippen molar-refractivity contribution in [2.24, 2.45) is 0 Å². The number of nitrogens with zero attached hydrogens (tertiary/aromatic N) is 4. The summed E-state index contributed by atoms with van der Waals surface area (Å²) >= 11 is 5.89. The Bertz CT molecular complexity index is 1210. The van der Waals surface area contributed by atoms with Gasteiger partial charge in [0.15, 0.2) is 5.69 Å². The van der Waals surface area contributed by atoms with Crippen molar-refractivity contribution in [3.05, 3.63) is 99.7 Å². The Hall–Kier alpha value is -4.04. The number of nitro groups is 1. The molecule has 30 heavy (non-hydrogen) atoms. The molecule has 3 aromatic carbocycles. The number of nitrogens with one attached hydrogen (secondary N) is 1. The summed E-state index contributed by atoms with van der Waals surface area (Å²) < 4.78 is 0. The molecule has 4 rings (SSSR count). The molecule has 0 aliphatic rings. The van der Waals surface area contributed by atoms with Crippen LogP contribution in [-0.2, 0) is 0 Å². The molecule has 0 fully saturated rings. The highest BCUT2D eigenvalue weighted by molar-refractivity contribution is 6.30. The third kappa shape index (κ3) is 4.03. The molecule has 0 aliphatic carbocycles. The smallest absolute Gasteiger partial charge is 0.278 e. The quantitative estimate of drug-likeness (QED) is 0.371. The van der Waals surface area contributed by atoms with Gasteiger partial charge in [-0.3, -0.25) is 14.9 Å². The Morgan fingerprint density at radius 2 is 1.60 bits per heavy atom. The van der Waals surface area contributed by atoms with Gasteiger partial charge in [0.25, 0.3) is 11.6 Å². The third-order valence-corrected chi connectivity index (χ3v) is 4.52. The molecule has 0 spiro atoms. The van der Waals surface area contributed by atoms with E-state index in [1.165, 1.54) is 29.1 Å². The first-order valence-electron chi connectivity index (χ1n) is 8.86. The normalized spacial score (nSPS) is 10.6. The number of aromatic nitrogens is 3. The average molecular weight is 420 g/mol. The van der Waals surface area contributed by atoms with Gasteiger partial charge in [-0.15, -0.1) is 10.2 Å². The van der Waals surface area contributed by atoms with Gasteiger partial charge in [-0.1, -0.05) is 29.8 Å². The Labute approximate surface area is 175 Å². The number of nitro benzene ring substituents is 1. The highest BCUT2D eigenvalue weighted by atomic mass is 35.5. The van der Waals surface area contributed by atoms with Gasteiger partial charge in [0.1, 0.15) is 5.69 Å². The summed E-state index contributed by atoms with van der Waals surface area (Å²) in [6.07, 6.45) is 0. The van der Waals surface area contributed by atoms with Crippen LogP contribution in [0.4, 0.5) is 11.4 Å². The van der Waals surface area contributed by atoms with Crippen LogP contribution in [0.3, 0.4) is 0 Å². The highest BCUT2D eigenvalue weighted by Gasteiger charge is 2.21. The molecule has 8 nitrogen and oxygen atoms in total. The van der Waals surface area contributed by atoms with Gasteiger partial charge in [-0.2, -0.15) is 4.80 Å². The van der Waals surface area contributed by atoms with Crippen LogP contribution < -0.4 is 5.32 Å². The van der Waals surface area contributed by atoms with Gasteiger partial charge in [-0.25, -0.2) is 0 Å². The zero-order valence-electron chi connectivity index (χ0n) is 15.4. The summed E-state index contributed by atoms with van der Waals surface area (Å²) in [5.41, 5.74) is 2.09. The molecule has 148 valence electrons. The molecule has 0 aliphatic heterocycles. The molecule has 4 aromatic rings. The number of amides is 1. The minimum Gasteiger partial charge on any atom is -0.321 e. The van der Waals surface area contributed by atoms with Crippen LogP contribution in [0, 0.1) is 10.1 Å². The second-order valence-electron chi connectivity index (χ2n) is 6.29. The summed E-state index contributed by atoms with van der Waals surface area (Å²) in [6.45, 7) is 0. The van der Waals surface area contributed by atoms with Gasteiger partial charge in [0.2, 0.25) is 0 Å². The lowest BCUT2D eigenvalue weighted by atomic mass is 10.1. The first-order chi connectivity index (χ1) is 14.5. The summed E-state index contributed by atoms with van der Waals surface area (Å²) in [5, 5.41) is 23.1. The van der Waals surface area contributed by atoms with Gasteiger partial charge < -0.3 is 5.32 Å². The van der Waals surface area contributed by atoms with Crippen molar-refractivity contribution in [3.8, 4) is 16.9 Å². The standard InChI is InChI=1S/C21H14ClN5O3/c22-15-8-10-16(11-9-15)23-21(28)20-19(14-6-12-18(13-7-14)27(29)30)24-26(25-20)17-4-2-1-3-5-17/h1-13H,(H,23,28). The van der Waals surface area contributed by atoms with E-state index in [9.17, 15) is 14.9 Å². The molecule has 9 heteroatoms. The predicted octanol–water partition coefficient (Wildman–Crippen LogP) is 4.75. The zero-order chi connectivity index (χ0) is 21.1. The van der Waals surface area contributed by atoms with Crippen molar-refractivity contribution >= 4 is 28.9 Å². The molecule has 0 radical (unpaired) electrons. The number of carbonyl (C=O) groups excluding carboxylic acids is 1. The number of non-ortho nitro benzene ring substituents is 1. The number of carbonyl (C=O) groups is 1. The lowest BCUT2D eigenvalue weighted by molar-refractivity contribution is -0.384. The summed E-state index contributed by atoms with van der Waals surface area (Å²) in [4.78, 5) is 24.8. The Morgan fingerprint density at radius 1 is 0.933 bits per heavy atom. The van der Waals surface area contributed by atoms with E-state index < -0.39 is 10.8 Å². The largest absolute Gasteiger partial charge is 0.321 e. The number of hydrogen-bond donors (Lipinski definition) is 1. The van der Waals surface area contributed by atoms with Crippen molar-refractivity contribution in [1.29, 1.82) is 0 Å². The van der Waals surface area contributed by atoms with Gasteiger partial charge in [0, 0.05) is 28.4 Å². The maximum absolute atomic E-state index is 12.9. The van der Waals surface area contributed by atoms with E-state index in [0.717, 1.165) is 0 Å². The molecular formula is C21H14ClN5O3. The number of benzene rings is 3. The van der Waals surface area contributed by atoms with Crippen LogP contribution in [0.15, 0.2) is 78.9 Å². The van der Waals surface area contributed by atoms with E-state index >= 15 is 0 Å². The monoisotopic (exact) mass is 419 g/mol. The number of halogens is 1. The van der Waals surface area contributed by atoms with Gasteiger partial charge in [-0.05, 0) is 48.5 Å². The molecular weight excluding hydrogens is 406 g/mol. The fourth-order valence-corrected chi connectivity index (χ4v) is 2.92. The Balaban J connectivity index is 1.75. The number of anilines is 1. The molecule has 0 saturated heterocycles. The minimum absolute atomic E-state index is 0.0543. The predicted molar refractivity (Wildman–Crippen MR) is 113 cm³/mol. The lowest BCUT2D eigenvalue weighted by Crippen LogP contribution is -2.14. The second kappa shape index (κ2) is 8.14. The van der Waals surface area contributed by atoms with Crippen LogP contribution in [-0.4, -0.2) is 25.8 Å². The van der Waals surface area contributed by atoms with Crippen LogP contribution in [0.25, 0.3) is 16.9 Å². The summed E-state index contributed by atoms with van der Waals surface area (Å²) in [7, 11) is 0. The third-order valence-electron chi connectivity index (χ3n) is 4.27. The molecule has 1 aromatic heterocycles. The maximum Gasteiger partial charge on any atom is 0.278 e. The second-order valence-corrected chi connectivity index (χ2v) is 6.72.